The summed E-state index contributed by atoms with van der Waals surface area (Å²) in [5, 5.41) is 20.7. The predicted octanol–water partition coefficient (Wildman–Crippen LogP) is 3.26. The fourth-order valence-electron chi connectivity index (χ4n) is 2.52. The highest BCUT2D eigenvalue weighted by atomic mass is 32.2. The molecule has 1 saturated carbocycles. The van der Waals surface area contributed by atoms with E-state index in [2.05, 4.69) is 25.7 Å². The molecule has 1 N–H and O–H groups in total. The number of nitrogens with zero attached hydrogens (tertiary/aromatic N) is 4. The third-order valence-corrected chi connectivity index (χ3v) is 5.52. The number of hydrogen-bond acceptors (Lipinski definition) is 8. The summed E-state index contributed by atoms with van der Waals surface area (Å²) in [5.41, 5.74) is 0. The normalized spacial score (nSPS) is 15.7. The molecular formula is C14H19N5O2S2. The van der Waals surface area contributed by atoms with E-state index in [1.165, 1.54) is 42.4 Å². The standard InChI is InChI=1S/C14H19N5O2S2/c1-2-11-16-18-13(23-11)15-10(20)8-22-14-19-17-12(21-14)9-6-4-3-5-7-9/h9H,2-8H2,1H3,(H,15,18,20). The topological polar surface area (TPSA) is 93.8 Å². The van der Waals surface area contributed by atoms with Crippen LogP contribution in [-0.2, 0) is 11.2 Å². The van der Waals surface area contributed by atoms with Gasteiger partial charge < -0.3 is 4.42 Å². The SMILES string of the molecule is CCc1nnc(NC(=O)CSc2nnc(C3CCCCC3)o2)s1. The third-order valence-electron chi connectivity index (χ3n) is 3.72. The maximum atomic E-state index is 11.9. The van der Waals surface area contributed by atoms with Gasteiger partial charge >= 0.3 is 0 Å². The molecule has 0 aromatic carbocycles. The first-order valence-corrected chi connectivity index (χ1v) is 9.63. The molecule has 7 nitrogen and oxygen atoms in total. The summed E-state index contributed by atoms with van der Waals surface area (Å²) in [4.78, 5) is 11.9. The molecule has 124 valence electrons. The molecule has 0 radical (unpaired) electrons. The molecule has 1 aliphatic carbocycles. The lowest BCUT2D eigenvalue weighted by Crippen LogP contribution is -2.13. The van der Waals surface area contributed by atoms with E-state index in [4.69, 9.17) is 4.42 Å². The van der Waals surface area contributed by atoms with E-state index in [0.717, 1.165) is 24.3 Å². The predicted molar refractivity (Wildman–Crippen MR) is 88.8 cm³/mol. The van der Waals surface area contributed by atoms with Crippen LogP contribution in [0.3, 0.4) is 0 Å². The molecule has 2 aromatic rings. The highest BCUT2D eigenvalue weighted by Crippen LogP contribution is 2.32. The second-order valence-corrected chi connectivity index (χ2v) is 7.42. The lowest BCUT2D eigenvalue weighted by atomic mass is 9.89. The summed E-state index contributed by atoms with van der Waals surface area (Å²) < 4.78 is 5.68. The Morgan fingerprint density at radius 2 is 2.09 bits per heavy atom. The average Bonchev–Trinajstić information content (AvgIpc) is 3.23. The third kappa shape index (κ3) is 4.51. The zero-order valence-electron chi connectivity index (χ0n) is 12.9. The Balaban J connectivity index is 1.48. The fraction of sp³-hybridized carbons (Fsp3) is 0.643. The van der Waals surface area contributed by atoms with Crippen molar-refractivity contribution in [2.75, 3.05) is 11.1 Å². The van der Waals surface area contributed by atoms with Crippen molar-refractivity contribution in [1.29, 1.82) is 0 Å². The van der Waals surface area contributed by atoms with E-state index in [-0.39, 0.29) is 11.7 Å². The van der Waals surface area contributed by atoms with Crippen molar-refractivity contribution in [2.24, 2.45) is 0 Å². The molecule has 0 bridgehead atoms. The van der Waals surface area contributed by atoms with Crippen molar-refractivity contribution in [3.63, 3.8) is 0 Å². The highest BCUT2D eigenvalue weighted by Gasteiger charge is 2.21. The number of hydrogen-bond donors (Lipinski definition) is 1. The molecule has 2 aromatic heterocycles. The first-order chi connectivity index (χ1) is 11.2. The number of rotatable bonds is 6. The molecule has 1 fully saturated rings. The number of carbonyl (C=O) groups is 1. The number of aromatic nitrogens is 4. The van der Waals surface area contributed by atoms with Crippen LogP contribution < -0.4 is 5.32 Å². The van der Waals surface area contributed by atoms with Gasteiger partial charge in [0.25, 0.3) is 5.22 Å². The van der Waals surface area contributed by atoms with Gasteiger partial charge in [-0.25, -0.2) is 0 Å². The highest BCUT2D eigenvalue weighted by molar-refractivity contribution is 7.99. The minimum absolute atomic E-state index is 0.147. The van der Waals surface area contributed by atoms with E-state index >= 15 is 0 Å². The van der Waals surface area contributed by atoms with Gasteiger partial charge in [-0.1, -0.05) is 49.3 Å². The first-order valence-electron chi connectivity index (χ1n) is 7.83. The number of anilines is 1. The second-order valence-electron chi connectivity index (χ2n) is 5.43. The maximum absolute atomic E-state index is 11.9. The summed E-state index contributed by atoms with van der Waals surface area (Å²) in [6, 6.07) is 0. The summed E-state index contributed by atoms with van der Waals surface area (Å²) >= 11 is 2.64. The van der Waals surface area contributed by atoms with Gasteiger partial charge in [-0.3, -0.25) is 10.1 Å². The Hall–Kier alpha value is -1.48. The quantitative estimate of drug-likeness (QED) is 0.797. The largest absolute Gasteiger partial charge is 0.416 e. The van der Waals surface area contributed by atoms with E-state index in [1.807, 2.05) is 6.92 Å². The first kappa shape index (κ1) is 16.4. The van der Waals surface area contributed by atoms with Crippen LogP contribution in [0.5, 0.6) is 0 Å². The summed E-state index contributed by atoms with van der Waals surface area (Å²) in [7, 11) is 0. The second kappa shape index (κ2) is 7.87. The number of aryl methyl sites for hydroxylation is 1. The van der Waals surface area contributed by atoms with Gasteiger partial charge in [-0.2, -0.15) is 0 Å². The van der Waals surface area contributed by atoms with Gasteiger partial charge in [0.1, 0.15) is 5.01 Å². The fourth-order valence-corrected chi connectivity index (χ4v) is 3.79. The molecule has 2 heterocycles. The summed E-state index contributed by atoms with van der Waals surface area (Å²) in [5.74, 6) is 1.16. The van der Waals surface area contributed by atoms with Crippen LogP contribution in [0.25, 0.3) is 0 Å². The van der Waals surface area contributed by atoms with Crippen molar-refractivity contribution < 1.29 is 9.21 Å². The van der Waals surface area contributed by atoms with Crippen LogP contribution in [0, 0.1) is 0 Å². The number of carbonyl (C=O) groups excluding carboxylic acids is 1. The Morgan fingerprint density at radius 3 is 2.83 bits per heavy atom. The van der Waals surface area contributed by atoms with Gasteiger partial charge in [0.15, 0.2) is 0 Å². The molecule has 0 spiro atoms. The van der Waals surface area contributed by atoms with Crippen molar-refractivity contribution in [3.05, 3.63) is 10.9 Å². The van der Waals surface area contributed by atoms with Crippen molar-refractivity contribution >= 4 is 34.1 Å². The minimum Gasteiger partial charge on any atom is -0.416 e. The van der Waals surface area contributed by atoms with Gasteiger partial charge in [0.2, 0.25) is 16.9 Å². The van der Waals surface area contributed by atoms with Crippen LogP contribution in [-0.4, -0.2) is 32.1 Å². The number of nitrogens with one attached hydrogen (secondary N) is 1. The van der Waals surface area contributed by atoms with Crippen molar-refractivity contribution in [1.82, 2.24) is 20.4 Å². The van der Waals surface area contributed by atoms with Crippen LogP contribution in [0.15, 0.2) is 9.64 Å². The van der Waals surface area contributed by atoms with Gasteiger partial charge in [-0.15, -0.1) is 20.4 Å². The van der Waals surface area contributed by atoms with E-state index < -0.39 is 0 Å². The molecular weight excluding hydrogens is 334 g/mol. The molecule has 3 rings (SSSR count). The molecule has 1 amide bonds. The van der Waals surface area contributed by atoms with Gasteiger partial charge in [0.05, 0.1) is 5.75 Å². The Bertz CT molecular complexity index is 651. The molecule has 0 saturated heterocycles. The molecule has 0 atom stereocenters. The average molecular weight is 353 g/mol. The van der Waals surface area contributed by atoms with E-state index in [1.54, 1.807) is 0 Å². The number of thioether (sulfide) groups is 1. The Labute approximate surface area is 142 Å². The zero-order chi connectivity index (χ0) is 16.1. The zero-order valence-corrected chi connectivity index (χ0v) is 14.6. The lowest BCUT2D eigenvalue weighted by Gasteiger charge is -2.17. The van der Waals surface area contributed by atoms with E-state index in [9.17, 15) is 4.79 Å². The van der Waals surface area contributed by atoms with Crippen molar-refractivity contribution in [2.45, 2.75) is 56.6 Å². The summed E-state index contributed by atoms with van der Waals surface area (Å²) in [6.07, 6.45) is 6.78. The Kier molecular flexibility index (Phi) is 5.60. The van der Waals surface area contributed by atoms with Crippen LogP contribution >= 0.6 is 23.1 Å². The van der Waals surface area contributed by atoms with Crippen molar-refractivity contribution in [3.8, 4) is 0 Å². The molecule has 1 aliphatic rings. The van der Waals surface area contributed by atoms with Crippen LogP contribution in [0.2, 0.25) is 0 Å². The molecule has 0 unspecified atom stereocenters. The molecule has 23 heavy (non-hydrogen) atoms. The smallest absolute Gasteiger partial charge is 0.277 e. The molecule has 9 heteroatoms. The lowest BCUT2D eigenvalue weighted by molar-refractivity contribution is -0.113. The maximum Gasteiger partial charge on any atom is 0.277 e. The van der Waals surface area contributed by atoms with Gasteiger partial charge in [-0.05, 0) is 19.3 Å². The number of amides is 1. The van der Waals surface area contributed by atoms with Crippen LogP contribution in [0.4, 0.5) is 5.13 Å². The van der Waals surface area contributed by atoms with Gasteiger partial charge in [0, 0.05) is 5.92 Å². The Morgan fingerprint density at radius 1 is 1.26 bits per heavy atom. The molecule has 0 aliphatic heterocycles. The minimum atomic E-state index is -0.147. The van der Waals surface area contributed by atoms with Crippen LogP contribution in [0.1, 0.15) is 55.8 Å². The summed E-state index contributed by atoms with van der Waals surface area (Å²) in [6.45, 7) is 2.00. The van der Waals surface area contributed by atoms with E-state index in [0.29, 0.717) is 22.2 Å². The monoisotopic (exact) mass is 353 g/mol.